The molecule has 0 saturated carbocycles. The van der Waals surface area contributed by atoms with E-state index in [0.717, 1.165) is 0 Å². The number of aliphatic hydroxyl groups is 1. The molecule has 1 rings (SSSR count). The number of hydrogen-bond donors (Lipinski definition) is 2. The van der Waals surface area contributed by atoms with Gasteiger partial charge in [0.2, 0.25) is 0 Å². The molecule has 0 spiro atoms. The lowest BCUT2D eigenvalue weighted by Gasteiger charge is -2.26. The van der Waals surface area contributed by atoms with E-state index in [2.05, 4.69) is 0 Å². The van der Waals surface area contributed by atoms with Gasteiger partial charge in [-0.05, 0) is 32.4 Å². The largest absolute Gasteiger partial charge is 0.462 e. The van der Waals surface area contributed by atoms with E-state index < -0.39 is 0 Å². The van der Waals surface area contributed by atoms with Gasteiger partial charge in [-0.1, -0.05) is 6.07 Å². The van der Waals surface area contributed by atoms with Crippen molar-refractivity contribution in [3.8, 4) is 0 Å². The third kappa shape index (κ3) is 3.86. The molecule has 0 aliphatic rings. The van der Waals surface area contributed by atoms with Gasteiger partial charge in [-0.25, -0.2) is 4.79 Å². The zero-order valence-corrected chi connectivity index (χ0v) is 11.6. The maximum Gasteiger partial charge on any atom is 0.340 e. The Kier molecular flexibility index (Phi) is 6.15. The van der Waals surface area contributed by atoms with Gasteiger partial charge < -0.3 is 20.5 Å². The van der Waals surface area contributed by atoms with Gasteiger partial charge in [0.05, 0.1) is 23.5 Å². The lowest BCUT2D eigenvalue weighted by atomic mass is 10.1. The summed E-state index contributed by atoms with van der Waals surface area (Å²) in [5, 5.41) is 8.94. The van der Waals surface area contributed by atoms with Crippen molar-refractivity contribution in [1.29, 1.82) is 0 Å². The van der Waals surface area contributed by atoms with E-state index in [4.69, 9.17) is 15.6 Å². The number of nitrogens with zero attached hydrogens (tertiary/aromatic N) is 1. The van der Waals surface area contributed by atoms with Gasteiger partial charge in [0.15, 0.2) is 0 Å². The minimum atomic E-state index is -0.368. The Bertz CT molecular complexity index is 421. The van der Waals surface area contributed by atoms with E-state index in [1.54, 1.807) is 25.1 Å². The maximum atomic E-state index is 12.0. The first-order valence-corrected chi connectivity index (χ1v) is 6.57. The molecule has 0 unspecified atom stereocenters. The smallest absolute Gasteiger partial charge is 0.340 e. The minimum absolute atomic E-state index is 0.109. The number of nitrogen functional groups attached to an aromatic ring is 1. The van der Waals surface area contributed by atoms with Crippen LogP contribution in [0.2, 0.25) is 0 Å². The van der Waals surface area contributed by atoms with Crippen LogP contribution >= 0.6 is 0 Å². The Morgan fingerprint density at radius 2 is 2.16 bits per heavy atom. The van der Waals surface area contributed by atoms with E-state index in [1.807, 2.05) is 11.8 Å². The fraction of sp³-hybridized carbons (Fsp3) is 0.500. The van der Waals surface area contributed by atoms with E-state index in [1.165, 1.54) is 0 Å². The number of hydrogen-bond acceptors (Lipinski definition) is 5. The molecule has 0 fully saturated rings. The highest BCUT2D eigenvalue weighted by Gasteiger charge is 2.18. The average Bonchev–Trinajstić information content (AvgIpc) is 2.41. The number of carbonyl (C=O) groups excluding carboxylic acids is 1. The molecule has 0 amide bonds. The predicted molar refractivity (Wildman–Crippen MR) is 76.4 cm³/mol. The quantitative estimate of drug-likeness (QED) is 0.580. The van der Waals surface area contributed by atoms with Crippen LogP contribution in [-0.4, -0.2) is 37.4 Å². The van der Waals surface area contributed by atoms with Crippen molar-refractivity contribution in [2.45, 2.75) is 20.3 Å². The van der Waals surface area contributed by atoms with Crippen LogP contribution in [0.1, 0.15) is 30.6 Å². The van der Waals surface area contributed by atoms with Gasteiger partial charge in [-0.3, -0.25) is 0 Å². The molecule has 0 saturated heterocycles. The third-order valence-electron chi connectivity index (χ3n) is 2.85. The van der Waals surface area contributed by atoms with Gasteiger partial charge in [0.1, 0.15) is 0 Å². The highest BCUT2D eigenvalue weighted by atomic mass is 16.5. The van der Waals surface area contributed by atoms with Crippen molar-refractivity contribution in [1.82, 2.24) is 0 Å². The number of anilines is 2. The van der Waals surface area contributed by atoms with Crippen molar-refractivity contribution in [2.75, 3.05) is 36.9 Å². The number of rotatable bonds is 7. The van der Waals surface area contributed by atoms with Crippen LogP contribution in [0.5, 0.6) is 0 Å². The summed E-state index contributed by atoms with van der Waals surface area (Å²) in [6, 6.07) is 5.22. The van der Waals surface area contributed by atoms with Gasteiger partial charge in [0, 0.05) is 19.7 Å². The monoisotopic (exact) mass is 266 g/mol. The minimum Gasteiger partial charge on any atom is -0.462 e. The first-order chi connectivity index (χ1) is 9.15. The normalized spacial score (nSPS) is 10.3. The lowest BCUT2D eigenvalue weighted by Crippen LogP contribution is -2.28. The second kappa shape index (κ2) is 7.63. The summed E-state index contributed by atoms with van der Waals surface area (Å²) in [6.07, 6.45) is 0.629. The highest BCUT2D eigenvalue weighted by Crippen LogP contribution is 2.28. The fourth-order valence-electron chi connectivity index (χ4n) is 1.98. The molecule has 5 heteroatoms. The number of aliphatic hydroxyl groups excluding tert-OH is 1. The summed E-state index contributed by atoms with van der Waals surface area (Å²) >= 11 is 0. The molecule has 106 valence electrons. The molecule has 3 N–H and O–H groups in total. The van der Waals surface area contributed by atoms with Gasteiger partial charge >= 0.3 is 5.97 Å². The number of nitrogens with two attached hydrogens (primary N) is 1. The Hall–Kier alpha value is -1.75. The number of esters is 1. The molecule has 0 aromatic heterocycles. The van der Waals surface area contributed by atoms with Crippen molar-refractivity contribution in [2.24, 2.45) is 0 Å². The molecule has 1 aromatic carbocycles. The standard InChI is InChI=1S/C14H22N2O3/c1-3-16(9-6-10-17)13-11(14(18)19-4-2)7-5-8-12(13)15/h5,7-8,17H,3-4,6,9-10,15H2,1-2H3. The van der Waals surface area contributed by atoms with Crippen molar-refractivity contribution in [3.05, 3.63) is 23.8 Å². The fourth-order valence-corrected chi connectivity index (χ4v) is 1.98. The second-order valence-electron chi connectivity index (χ2n) is 4.12. The predicted octanol–water partition coefficient (Wildman–Crippen LogP) is 1.65. The second-order valence-corrected chi connectivity index (χ2v) is 4.12. The SMILES string of the molecule is CCOC(=O)c1cccc(N)c1N(CC)CCCO. The summed E-state index contributed by atoms with van der Waals surface area (Å²) in [5.41, 5.74) is 7.70. The van der Waals surface area contributed by atoms with Gasteiger partial charge in [-0.2, -0.15) is 0 Å². The Balaban J connectivity index is 3.11. The Morgan fingerprint density at radius 1 is 1.42 bits per heavy atom. The van der Waals surface area contributed by atoms with Crippen LogP contribution in [-0.2, 0) is 4.74 Å². The molecule has 5 nitrogen and oxygen atoms in total. The molecule has 0 atom stereocenters. The lowest BCUT2D eigenvalue weighted by molar-refractivity contribution is 0.0527. The summed E-state index contributed by atoms with van der Waals surface area (Å²) in [6.45, 7) is 5.55. The van der Waals surface area contributed by atoms with E-state index in [0.29, 0.717) is 43.1 Å². The Morgan fingerprint density at radius 3 is 2.74 bits per heavy atom. The third-order valence-corrected chi connectivity index (χ3v) is 2.85. The first-order valence-electron chi connectivity index (χ1n) is 6.57. The first kappa shape index (κ1) is 15.3. The van der Waals surface area contributed by atoms with Gasteiger partial charge in [0.25, 0.3) is 0 Å². The van der Waals surface area contributed by atoms with Crippen molar-refractivity contribution < 1.29 is 14.6 Å². The molecule has 0 heterocycles. The summed E-state index contributed by atoms with van der Waals surface area (Å²) in [7, 11) is 0. The molecule has 0 aliphatic carbocycles. The molecule has 0 aliphatic heterocycles. The number of para-hydroxylation sites is 1. The average molecular weight is 266 g/mol. The van der Waals surface area contributed by atoms with Crippen LogP contribution in [0.25, 0.3) is 0 Å². The molecular formula is C14H22N2O3. The summed E-state index contributed by atoms with van der Waals surface area (Å²) in [5.74, 6) is -0.368. The van der Waals surface area contributed by atoms with E-state index >= 15 is 0 Å². The summed E-state index contributed by atoms with van der Waals surface area (Å²) < 4.78 is 5.05. The van der Waals surface area contributed by atoms with Crippen LogP contribution < -0.4 is 10.6 Å². The molecule has 0 radical (unpaired) electrons. The summed E-state index contributed by atoms with van der Waals surface area (Å²) in [4.78, 5) is 13.9. The topological polar surface area (TPSA) is 75.8 Å². The van der Waals surface area contributed by atoms with Crippen molar-refractivity contribution in [3.63, 3.8) is 0 Å². The number of ether oxygens (including phenoxy) is 1. The number of benzene rings is 1. The molecule has 19 heavy (non-hydrogen) atoms. The van der Waals surface area contributed by atoms with Gasteiger partial charge in [-0.15, -0.1) is 0 Å². The van der Waals surface area contributed by atoms with Crippen LogP contribution in [0.3, 0.4) is 0 Å². The van der Waals surface area contributed by atoms with Crippen LogP contribution in [0, 0.1) is 0 Å². The number of carbonyl (C=O) groups is 1. The zero-order chi connectivity index (χ0) is 14.3. The van der Waals surface area contributed by atoms with Crippen LogP contribution in [0.4, 0.5) is 11.4 Å². The van der Waals surface area contributed by atoms with Crippen molar-refractivity contribution >= 4 is 17.3 Å². The van der Waals surface area contributed by atoms with E-state index in [-0.39, 0.29) is 12.6 Å². The maximum absolute atomic E-state index is 12.0. The van der Waals surface area contributed by atoms with Crippen LogP contribution in [0.15, 0.2) is 18.2 Å². The highest BCUT2D eigenvalue weighted by molar-refractivity contribution is 5.99. The molecular weight excluding hydrogens is 244 g/mol. The Labute approximate surface area is 114 Å². The molecule has 1 aromatic rings. The van der Waals surface area contributed by atoms with E-state index in [9.17, 15) is 4.79 Å². The molecule has 0 bridgehead atoms. The zero-order valence-electron chi connectivity index (χ0n) is 11.6.